The lowest BCUT2D eigenvalue weighted by Gasteiger charge is -2.08. The van der Waals surface area contributed by atoms with E-state index in [2.05, 4.69) is 4.98 Å². The van der Waals surface area contributed by atoms with Crippen molar-refractivity contribution < 1.29 is 4.79 Å². The number of aromatic nitrogens is 1. The van der Waals surface area contributed by atoms with Gasteiger partial charge in [-0.1, -0.05) is 0 Å². The van der Waals surface area contributed by atoms with Gasteiger partial charge in [0.1, 0.15) is 0 Å². The SMILES string of the molecule is Cc1nc(C)c(C=O)c(C)c1C. The fourth-order valence-electron chi connectivity index (χ4n) is 1.31. The monoisotopic (exact) mass is 163 g/mol. The molecule has 0 aliphatic carbocycles. The van der Waals surface area contributed by atoms with Gasteiger partial charge in [-0.15, -0.1) is 0 Å². The number of carbonyl (C=O) groups excluding carboxylic acids is 1. The maximum Gasteiger partial charge on any atom is 0.152 e. The highest BCUT2D eigenvalue weighted by molar-refractivity contribution is 5.79. The van der Waals surface area contributed by atoms with Gasteiger partial charge in [0.25, 0.3) is 0 Å². The second-order valence-corrected chi connectivity index (χ2v) is 3.06. The van der Waals surface area contributed by atoms with Crippen LogP contribution in [0.25, 0.3) is 0 Å². The maximum absolute atomic E-state index is 10.7. The quantitative estimate of drug-likeness (QED) is 0.593. The molecule has 0 aromatic carbocycles. The van der Waals surface area contributed by atoms with Crippen LogP contribution in [0.4, 0.5) is 0 Å². The molecule has 0 aliphatic heterocycles. The molecule has 2 nitrogen and oxygen atoms in total. The molecule has 0 bridgehead atoms. The van der Waals surface area contributed by atoms with Crippen LogP contribution < -0.4 is 0 Å². The Morgan fingerprint density at radius 2 is 1.58 bits per heavy atom. The molecule has 2 heteroatoms. The number of aryl methyl sites for hydroxylation is 2. The highest BCUT2D eigenvalue weighted by Gasteiger charge is 2.07. The Bertz CT molecular complexity index is 329. The van der Waals surface area contributed by atoms with Gasteiger partial charge >= 0.3 is 0 Å². The summed E-state index contributed by atoms with van der Waals surface area (Å²) in [5.74, 6) is 0. The number of carbonyl (C=O) groups is 1. The van der Waals surface area contributed by atoms with Crippen LogP contribution in [0.5, 0.6) is 0 Å². The van der Waals surface area contributed by atoms with Gasteiger partial charge in [-0.2, -0.15) is 0 Å². The highest BCUT2D eigenvalue weighted by Crippen LogP contribution is 2.16. The lowest BCUT2D eigenvalue weighted by atomic mass is 10.0. The summed E-state index contributed by atoms with van der Waals surface area (Å²) in [6, 6.07) is 0. The zero-order valence-electron chi connectivity index (χ0n) is 7.93. The van der Waals surface area contributed by atoms with Crippen LogP contribution in [0.1, 0.15) is 32.9 Å². The second kappa shape index (κ2) is 3.05. The van der Waals surface area contributed by atoms with Gasteiger partial charge in [0, 0.05) is 17.0 Å². The first-order valence-corrected chi connectivity index (χ1v) is 3.97. The maximum atomic E-state index is 10.7. The van der Waals surface area contributed by atoms with Crippen molar-refractivity contribution in [2.24, 2.45) is 0 Å². The Kier molecular flexibility index (Phi) is 2.27. The molecule has 0 amide bonds. The van der Waals surface area contributed by atoms with E-state index in [0.717, 1.165) is 34.4 Å². The number of pyridine rings is 1. The first-order chi connectivity index (χ1) is 5.57. The number of hydrogen-bond donors (Lipinski definition) is 0. The van der Waals surface area contributed by atoms with Gasteiger partial charge in [0.15, 0.2) is 6.29 Å². The van der Waals surface area contributed by atoms with Gasteiger partial charge in [-0.3, -0.25) is 9.78 Å². The molecule has 0 atom stereocenters. The molecule has 0 radical (unpaired) electrons. The summed E-state index contributed by atoms with van der Waals surface area (Å²) in [5, 5.41) is 0. The van der Waals surface area contributed by atoms with Crippen LogP contribution in [-0.2, 0) is 0 Å². The van der Waals surface area contributed by atoms with Crippen molar-refractivity contribution >= 4 is 6.29 Å². The van der Waals surface area contributed by atoms with E-state index in [1.165, 1.54) is 0 Å². The van der Waals surface area contributed by atoms with Crippen LogP contribution in [0, 0.1) is 27.7 Å². The first-order valence-electron chi connectivity index (χ1n) is 3.97. The fraction of sp³-hybridized carbons (Fsp3) is 0.400. The van der Waals surface area contributed by atoms with Crippen molar-refractivity contribution in [1.29, 1.82) is 0 Å². The molecular weight excluding hydrogens is 150 g/mol. The fourth-order valence-corrected chi connectivity index (χ4v) is 1.31. The predicted octanol–water partition coefficient (Wildman–Crippen LogP) is 2.13. The van der Waals surface area contributed by atoms with E-state index in [0.29, 0.717) is 0 Å². The molecule has 12 heavy (non-hydrogen) atoms. The molecule has 1 aromatic rings. The van der Waals surface area contributed by atoms with Crippen molar-refractivity contribution in [3.8, 4) is 0 Å². The van der Waals surface area contributed by atoms with Crippen molar-refractivity contribution in [2.75, 3.05) is 0 Å². The van der Waals surface area contributed by atoms with E-state index >= 15 is 0 Å². The van der Waals surface area contributed by atoms with Gasteiger partial charge < -0.3 is 0 Å². The van der Waals surface area contributed by atoms with Crippen molar-refractivity contribution in [2.45, 2.75) is 27.7 Å². The minimum Gasteiger partial charge on any atom is -0.298 e. The summed E-state index contributed by atoms with van der Waals surface area (Å²) in [4.78, 5) is 14.9. The Balaban J connectivity index is 3.51. The van der Waals surface area contributed by atoms with Crippen molar-refractivity contribution in [3.63, 3.8) is 0 Å². The average molecular weight is 163 g/mol. The molecule has 0 aliphatic rings. The van der Waals surface area contributed by atoms with Crippen molar-refractivity contribution in [1.82, 2.24) is 4.98 Å². The minimum atomic E-state index is 0.734. The number of hydrogen-bond acceptors (Lipinski definition) is 2. The van der Waals surface area contributed by atoms with Gasteiger partial charge in [-0.05, 0) is 38.8 Å². The van der Waals surface area contributed by atoms with Crippen LogP contribution >= 0.6 is 0 Å². The highest BCUT2D eigenvalue weighted by atomic mass is 16.1. The smallest absolute Gasteiger partial charge is 0.152 e. The van der Waals surface area contributed by atoms with E-state index in [9.17, 15) is 4.79 Å². The van der Waals surface area contributed by atoms with E-state index in [4.69, 9.17) is 0 Å². The molecule has 0 fully saturated rings. The third-order valence-corrected chi connectivity index (χ3v) is 2.35. The summed E-state index contributed by atoms with van der Waals surface area (Å²) in [7, 11) is 0. The Hall–Kier alpha value is -1.18. The van der Waals surface area contributed by atoms with E-state index in [1.807, 2.05) is 27.7 Å². The van der Waals surface area contributed by atoms with E-state index in [1.54, 1.807) is 0 Å². The van der Waals surface area contributed by atoms with E-state index in [-0.39, 0.29) is 0 Å². The van der Waals surface area contributed by atoms with Gasteiger partial charge in [0.2, 0.25) is 0 Å². The van der Waals surface area contributed by atoms with Crippen LogP contribution in [0.15, 0.2) is 0 Å². The summed E-state index contributed by atoms with van der Waals surface area (Å²) >= 11 is 0. The number of rotatable bonds is 1. The molecule has 0 N–H and O–H groups in total. The minimum absolute atomic E-state index is 0.734. The first kappa shape index (κ1) is 8.91. The summed E-state index contributed by atoms with van der Waals surface area (Å²) in [6.45, 7) is 7.78. The normalized spacial score (nSPS) is 10.0. The topological polar surface area (TPSA) is 30.0 Å². The molecule has 64 valence electrons. The standard InChI is InChI=1S/C10H13NO/c1-6-7(2)10(5-12)9(4)11-8(6)3/h5H,1-4H3. The van der Waals surface area contributed by atoms with Gasteiger partial charge in [-0.25, -0.2) is 0 Å². The zero-order chi connectivity index (χ0) is 9.30. The summed E-state index contributed by atoms with van der Waals surface area (Å²) < 4.78 is 0. The van der Waals surface area contributed by atoms with Gasteiger partial charge in [0.05, 0.1) is 0 Å². The lowest BCUT2D eigenvalue weighted by molar-refractivity contribution is 0.112. The molecular formula is C10H13NO. The second-order valence-electron chi connectivity index (χ2n) is 3.06. The molecule has 0 spiro atoms. The summed E-state index contributed by atoms with van der Waals surface area (Å²) in [5.41, 5.74) is 4.73. The number of aldehydes is 1. The predicted molar refractivity (Wildman–Crippen MR) is 48.6 cm³/mol. The molecule has 0 unspecified atom stereocenters. The van der Waals surface area contributed by atoms with Crippen LogP contribution in [0.2, 0.25) is 0 Å². The Labute approximate surface area is 72.6 Å². The lowest BCUT2D eigenvalue weighted by Crippen LogP contribution is -2.01. The Morgan fingerprint density at radius 1 is 1.00 bits per heavy atom. The van der Waals surface area contributed by atoms with Crippen molar-refractivity contribution in [3.05, 3.63) is 28.1 Å². The molecule has 1 aromatic heterocycles. The molecule has 0 saturated heterocycles. The largest absolute Gasteiger partial charge is 0.298 e. The molecule has 0 saturated carbocycles. The summed E-state index contributed by atoms with van der Waals surface area (Å²) in [6.07, 6.45) is 0.879. The third-order valence-electron chi connectivity index (χ3n) is 2.35. The van der Waals surface area contributed by atoms with Crippen LogP contribution in [-0.4, -0.2) is 11.3 Å². The zero-order valence-corrected chi connectivity index (χ0v) is 7.93. The number of nitrogens with zero attached hydrogens (tertiary/aromatic N) is 1. The Morgan fingerprint density at radius 3 is 2.08 bits per heavy atom. The van der Waals surface area contributed by atoms with E-state index < -0.39 is 0 Å². The molecule has 1 rings (SSSR count). The molecule has 1 heterocycles. The third kappa shape index (κ3) is 1.24. The average Bonchev–Trinajstić information content (AvgIpc) is 2.01. The van der Waals surface area contributed by atoms with Crippen LogP contribution in [0.3, 0.4) is 0 Å².